The molecular weight excluding hydrogens is 376 g/mol. The lowest BCUT2D eigenvalue weighted by Gasteiger charge is -2.35. The number of nitrogens with zero attached hydrogens (tertiary/aromatic N) is 1. The average molecular weight is 409 g/mol. The summed E-state index contributed by atoms with van der Waals surface area (Å²) in [6.07, 6.45) is 4.09. The van der Waals surface area contributed by atoms with Gasteiger partial charge in [-0.3, -0.25) is 10.1 Å². The number of likely N-dealkylation sites (N-methyl/N-ethyl adjacent to an activating group) is 1. The highest BCUT2D eigenvalue weighted by Crippen LogP contribution is 2.37. The van der Waals surface area contributed by atoms with E-state index in [2.05, 4.69) is 30.3 Å². The van der Waals surface area contributed by atoms with Crippen LogP contribution in [0.5, 0.6) is 5.75 Å². The second-order valence-electron chi connectivity index (χ2n) is 8.46. The van der Waals surface area contributed by atoms with Crippen LogP contribution in [-0.4, -0.2) is 36.9 Å². The SMILES string of the molecule is CC[C@@]1(c2cccc(OC(=O)Nc3ccc(C(C)=O)c(C)c3)c2)CCCCN(C)C1. The largest absolute Gasteiger partial charge is 0.417 e. The highest BCUT2D eigenvalue weighted by molar-refractivity contribution is 5.96. The van der Waals surface area contributed by atoms with Crippen LogP contribution in [0, 0.1) is 6.92 Å². The summed E-state index contributed by atoms with van der Waals surface area (Å²) in [6, 6.07) is 13.2. The molecule has 5 nitrogen and oxygen atoms in total. The molecule has 1 heterocycles. The molecule has 0 spiro atoms. The van der Waals surface area contributed by atoms with Gasteiger partial charge in [-0.05, 0) is 88.2 Å². The Labute approximate surface area is 179 Å². The zero-order valence-electron chi connectivity index (χ0n) is 18.5. The number of ether oxygens (including phenoxy) is 1. The zero-order chi connectivity index (χ0) is 21.7. The molecule has 0 radical (unpaired) electrons. The summed E-state index contributed by atoms with van der Waals surface area (Å²) in [4.78, 5) is 26.4. The molecule has 30 heavy (non-hydrogen) atoms. The molecular formula is C25H32N2O3. The minimum absolute atomic E-state index is 0.00690. The normalized spacial score (nSPS) is 19.7. The molecule has 2 aromatic rings. The third-order valence-corrected chi connectivity index (χ3v) is 6.20. The van der Waals surface area contributed by atoms with Crippen molar-refractivity contribution < 1.29 is 14.3 Å². The topological polar surface area (TPSA) is 58.6 Å². The number of rotatable bonds is 5. The molecule has 1 amide bonds. The fourth-order valence-corrected chi connectivity index (χ4v) is 4.52. The van der Waals surface area contributed by atoms with E-state index >= 15 is 0 Å². The minimum atomic E-state index is -0.536. The van der Waals surface area contributed by atoms with Crippen LogP contribution in [0.2, 0.25) is 0 Å². The van der Waals surface area contributed by atoms with Crippen LogP contribution in [0.1, 0.15) is 61.0 Å². The lowest BCUT2D eigenvalue weighted by Crippen LogP contribution is -2.37. The van der Waals surface area contributed by atoms with Crippen molar-refractivity contribution in [3.05, 3.63) is 59.2 Å². The zero-order valence-corrected chi connectivity index (χ0v) is 18.5. The molecule has 0 saturated carbocycles. The maximum atomic E-state index is 12.4. The number of anilines is 1. The molecule has 1 saturated heterocycles. The van der Waals surface area contributed by atoms with Gasteiger partial charge in [0.15, 0.2) is 5.78 Å². The maximum Gasteiger partial charge on any atom is 0.417 e. The van der Waals surface area contributed by atoms with Crippen molar-refractivity contribution in [2.24, 2.45) is 0 Å². The third kappa shape index (κ3) is 5.08. The number of likely N-dealkylation sites (tertiary alicyclic amines) is 1. The first kappa shape index (κ1) is 22.0. The van der Waals surface area contributed by atoms with Gasteiger partial charge < -0.3 is 9.64 Å². The van der Waals surface area contributed by atoms with Gasteiger partial charge >= 0.3 is 6.09 Å². The molecule has 1 atom stereocenters. The molecule has 160 valence electrons. The number of Topliss-reactive ketones (excluding diaryl/α,β-unsaturated/α-hetero) is 1. The Hall–Kier alpha value is -2.66. The highest BCUT2D eigenvalue weighted by atomic mass is 16.6. The van der Waals surface area contributed by atoms with E-state index in [1.165, 1.54) is 25.3 Å². The molecule has 5 heteroatoms. The highest BCUT2D eigenvalue weighted by Gasteiger charge is 2.33. The summed E-state index contributed by atoms with van der Waals surface area (Å²) in [5.74, 6) is 0.550. The van der Waals surface area contributed by atoms with Gasteiger partial charge in [0.2, 0.25) is 0 Å². The number of nitrogens with one attached hydrogen (secondary N) is 1. The Bertz CT molecular complexity index is 924. The van der Waals surface area contributed by atoms with E-state index in [4.69, 9.17) is 4.74 Å². The number of amides is 1. The molecule has 3 rings (SSSR count). The number of aryl methyl sites for hydroxylation is 1. The molecule has 1 aliphatic rings. The third-order valence-electron chi connectivity index (χ3n) is 6.20. The van der Waals surface area contributed by atoms with Gasteiger partial charge in [0.1, 0.15) is 5.75 Å². The fraction of sp³-hybridized carbons (Fsp3) is 0.440. The molecule has 1 N–H and O–H groups in total. The van der Waals surface area contributed by atoms with E-state index in [-0.39, 0.29) is 11.2 Å². The van der Waals surface area contributed by atoms with Crippen LogP contribution in [0.25, 0.3) is 0 Å². The van der Waals surface area contributed by atoms with Crippen LogP contribution in [-0.2, 0) is 5.41 Å². The van der Waals surface area contributed by atoms with Gasteiger partial charge in [0.25, 0.3) is 0 Å². The molecule has 0 bridgehead atoms. The Morgan fingerprint density at radius 3 is 2.67 bits per heavy atom. The molecule has 0 aromatic heterocycles. The van der Waals surface area contributed by atoms with E-state index in [9.17, 15) is 9.59 Å². The van der Waals surface area contributed by atoms with Crippen LogP contribution < -0.4 is 10.1 Å². The van der Waals surface area contributed by atoms with E-state index in [1.54, 1.807) is 18.2 Å². The molecule has 0 aliphatic carbocycles. The van der Waals surface area contributed by atoms with Crippen LogP contribution >= 0.6 is 0 Å². The predicted molar refractivity (Wildman–Crippen MR) is 121 cm³/mol. The van der Waals surface area contributed by atoms with Crippen molar-refractivity contribution in [1.82, 2.24) is 4.90 Å². The van der Waals surface area contributed by atoms with Gasteiger partial charge in [-0.25, -0.2) is 4.79 Å². The smallest absolute Gasteiger partial charge is 0.410 e. The first-order valence-corrected chi connectivity index (χ1v) is 10.7. The molecule has 0 unspecified atom stereocenters. The number of hydrogen-bond acceptors (Lipinski definition) is 4. The number of benzene rings is 2. The summed E-state index contributed by atoms with van der Waals surface area (Å²) in [7, 11) is 2.18. The van der Waals surface area contributed by atoms with Crippen molar-refractivity contribution in [2.45, 2.75) is 51.9 Å². The Kier molecular flexibility index (Phi) is 6.93. The van der Waals surface area contributed by atoms with Crippen molar-refractivity contribution in [3.8, 4) is 5.75 Å². The summed E-state index contributed by atoms with van der Waals surface area (Å²) in [6.45, 7) is 7.77. The standard InChI is InChI=1S/C25H32N2O3/c1-5-25(13-6-7-14-27(4)17-25)20-9-8-10-22(16-20)30-24(29)26-21-11-12-23(19(3)28)18(2)15-21/h8-12,15-16H,5-7,13-14,17H2,1-4H3,(H,26,29)/t25-/m1/s1. The van der Waals surface area contributed by atoms with E-state index in [0.29, 0.717) is 17.0 Å². The van der Waals surface area contributed by atoms with E-state index in [0.717, 1.165) is 31.5 Å². The second-order valence-corrected chi connectivity index (χ2v) is 8.46. The van der Waals surface area contributed by atoms with Crippen molar-refractivity contribution in [3.63, 3.8) is 0 Å². The van der Waals surface area contributed by atoms with Crippen molar-refractivity contribution in [2.75, 3.05) is 25.5 Å². The quantitative estimate of drug-likeness (QED) is 0.657. The van der Waals surface area contributed by atoms with E-state index < -0.39 is 6.09 Å². The number of carbonyl (C=O) groups excluding carboxylic acids is 2. The molecule has 1 aliphatic heterocycles. The van der Waals surface area contributed by atoms with Gasteiger partial charge in [-0.2, -0.15) is 0 Å². The lowest BCUT2D eigenvalue weighted by molar-refractivity contribution is 0.101. The lowest BCUT2D eigenvalue weighted by atomic mass is 9.74. The van der Waals surface area contributed by atoms with Crippen LogP contribution in [0.15, 0.2) is 42.5 Å². The average Bonchev–Trinajstić information content (AvgIpc) is 2.90. The maximum absolute atomic E-state index is 12.4. The Balaban J connectivity index is 1.74. The van der Waals surface area contributed by atoms with Gasteiger partial charge in [-0.1, -0.05) is 25.5 Å². The second kappa shape index (κ2) is 9.43. The first-order valence-electron chi connectivity index (χ1n) is 10.7. The summed E-state index contributed by atoms with van der Waals surface area (Å²) in [5.41, 5.74) is 3.39. The predicted octanol–water partition coefficient (Wildman–Crippen LogP) is 5.57. The van der Waals surface area contributed by atoms with Crippen molar-refractivity contribution in [1.29, 1.82) is 0 Å². The minimum Gasteiger partial charge on any atom is -0.410 e. The van der Waals surface area contributed by atoms with Gasteiger partial charge in [0.05, 0.1) is 0 Å². The van der Waals surface area contributed by atoms with E-state index in [1.807, 2.05) is 25.1 Å². The number of carbonyl (C=O) groups is 2. The fourth-order valence-electron chi connectivity index (χ4n) is 4.52. The van der Waals surface area contributed by atoms with Crippen LogP contribution in [0.4, 0.5) is 10.5 Å². The van der Waals surface area contributed by atoms with Crippen LogP contribution in [0.3, 0.4) is 0 Å². The molecule has 1 fully saturated rings. The van der Waals surface area contributed by atoms with Gasteiger partial charge in [0, 0.05) is 23.2 Å². The number of hydrogen-bond donors (Lipinski definition) is 1. The number of ketones is 1. The van der Waals surface area contributed by atoms with Gasteiger partial charge in [-0.15, -0.1) is 0 Å². The molecule has 2 aromatic carbocycles. The monoisotopic (exact) mass is 408 g/mol. The summed E-state index contributed by atoms with van der Waals surface area (Å²) in [5, 5.41) is 2.76. The Morgan fingerprint density at radius 2 is 1.97 bits per heavy atom. The summed E-state index contributed by atoms with van der Waals surface area (Å²) < 4.78 is 5.58. The first-order chi connectivity index (χ1) is 14.3. The van der Waals surface area contributed by atoms with Crippen molar-refractivity contribution >= 4 is 17.6 Å². The Morgan fingerprint density at radius 1 is 1.17 bits per heavy atom. The summed E-state index contributed by atoms with van der Waals surface area (Å²) >= 11 is 0.